The molecule has 4 heteroatoms. The number of hydrogen-bond acceptors (Lipinski definition) is 3. The summed E-state index contributed by atoms with van der Waals surface area (Å²) >= 11 is 0. The third-order valence-electron chi connectivity index (χ3n) is 3.84. The van der Waals surface area contributed by atoms with Gasteiger partial charge in [0.05, 0.1) is 0 Å². The first-order valence-corrected chi connectivity index (χ1v) is 7.36. The second kappa shape index (κ2) is 5.67. The SMILES string of the molecule is CC/C=C/c1nc2ccccn2c1N1CCN(C)CC1. The van der Waals surface area contributed by atoms with Crippen molar-refractivity contribution in [3.63, 3.8) is 0 Å². The van der Waals surface area contributed by atoms with Crippen molar-refractivity contribution < 1.29 is 0 Å². The average molecular weight is 270 g/mol. The average Bonchev–Trinajstić information content (AvgIpc) is 2.84. The third kappa shape index (κ3) is 2.43. The summed E-state index contributed by atoms with van der Waals surface area (Å²) in [4.78, 5) is 9.60. The molecule has 0 saturated carbocycles. The summed E-state index contributed by atoms with van der Waals surface area (Å²) in [5, 5.41) is 0. The predicted molar refractivity (Wildman–Crippen MR) is 84.2 cm³/mol. The second-order valence-corrected chi connectivity index (χ2v) is 5.35. The molecule has 0 atom stereocenters. The van der Waals surface area contributed by atoms with E-state index in [0.29, 0.717) is 0 Å². The van der Waals surface area contributed by atoms with Gasteiger partial charge in [-0.1, -0.05) is 19.1 Å². The summed E-state index contributed by atoms with van der Waals surface area (Å²) in [5.41, 5.74) is 2.11. The van der Waals surface area contributed by atoms with Gasteiger partial charge in [-0.2, -0.15) is 0 Å². The number of rotatable bonds is 3. The molecule has 1 aliphatic rings. The Morgan fingerprint density at radius 1 is 1.20 bits per heavy atom. The molecule has 0 amide bonds. The van der Waals surface area contributed by atoms with Crippen LogP contribution in [-0.4, -0.2) is 47.5 Å². The molecule has 0 radical (unpaired) electrons. The fourth-order valence-electron chi connectivity index (χ4n) is 2.68. The van der Waals surface area contributed by atoms with Gasteiger partial charge < -0.3 is 9.80 Å². The van der Waals surface area contributed by atoms with Gasteiger partial charge in [0.1, 0.15) is 17.2 Å². The molecular formula is C16H22N4. The molecule has 106 valence electrons. The number of imidazole rings is 1. The molecule has 0 unspecified atom stereocenters. The highest BCUT2D eigenvalue weighted by Gasteiger charge is 2.20. The van der Waals surface area contributed by atoms with E-state index in [-0.39, 0.29) is 0 Å². The van der Waals surface area contributed by atoms with E-state index in [2.05, 4.69) is 58.7 Å². The van der Waals surface area contributed by atoms with Crippen LogP contribution in [0.15, 0.2) is 30.5 Å². The molecule has 0 aromatic carbocycles. The summed E-state index contributed by atoms with van der Waals surface area (Å²) in [7, 11) is 2.18. The number of nitrogens with zero attached hydrogens (tertiary/aromatic N) is 4. The third-order valence-corrected chi connectivity index (χ3v) is 3.84. The number of pyridine rings is 1. The van der Waals surface area contributed by atoms with Crippen LogP contribution in [0, 0.1) is 0 Å². The Bertz CT molecular complexity index is 606. The predicted octanol–water partition coefficient (Wildman–Crippen LogP) is 2.51. The van der Waals surface area contributed by atoms with E-state index in [1.165, 1.54) is 5.82 Å². The Hall–Kier alpha value is -1.81. The highest BCUT2D eigenvalue weighted by molar-refractivity contribution is 5.67. The van der Waals surface area contributed by atoms with E-state index in [1.54, 1.807) is 0 Å². The van der Waals surface area contributed by atoms with Crippen LogP contribution in [0.25, 0.3) is 11.7 Å². The van der Waals surface area contributed by atoms with Crippen molar-refractivity contribution in [2.24, 2.45) is 0 Å². The Labute approximate surface area is 120 Å². The number of allylic oxidation sites excluding steroid dienone is 1. The largest absolute Gasteiger partial charge is 0.353 e. The van der Waals surface area contributed by atoms with Crippen molar-refractivity contribution in [2.75, 3.05) is 38.1 Å². The molecule has 4 nitrogen and oxygen atoms in total. The highest BCUT2D eigenvalue weighted by atomic mass is 15.3. The highest BCUT2D eigenvalue weighted by Crippen LogP contribution is 2.25. The summed E-state index contributed by atoms with van der Waals surface area (Å²) < 4.78 is 2.21. The zero-order chi connectivity index (χ0) is 13.9. The molecule has 2 aromatic rings. The molecule has 3 rings (SSSR count). The first-order chi connectivity index (χ1) is 9.79. The topological polar surface area (TPSA) is 23.8 Å². The van der Waals surface area contributed by atoms with Crippen LogP contribution in [0.2, 0.25) is 0 Å². The number of piperazine rings is 1. The molecule has 1 aliphatic heterocycles. The van der Waals surface area contributed by atoms with Gasteiger partial charge in [-0.25, -0.2) is 4.98 Å². The molecule has 0 aliphatic carbocycles. The van der Waals surface area contributed by atoms with Crippen LogP contribution in [0.3, 0.4) is 0 Å². The number of fused-ring (bicyclic) bond motifs is 1. The summed E-state index contributed by atoms with van der Waals surface area (Å²) in [6.45, 7) is 6.49. The van der Waals surface area contributed by atoms with Crippen molar-refractivity contribution >= 4 is 17.5 Å². The second-order valence-electron chi connectivity index (χ2n) is 5.35. The lowest BCUT2D eigenvalue weighted by molar-refractivity contribution is 0.312. The van der Waals surface area contributed by atoms with Gasteiger partial charge in [0.15, 0.2) is 0 Å². The number of likely N-dealkylation sites (N-methyl/N-ethyl adjacent to an activating group) is 1. The Morgan fingerprint density at radius 2 is 2.00 bits per heavy atom. The van der Waals surface area contributed by atoms with Gasteiger partial charge in [-0.05, 0) is 31.7 Å². The fourth-order valence-corrected chi connectivity index (χ4v) is 2.68. The maximum Gasteiger partial charge on any atom is 0.140 e. The van der Waals surface area contributed by atoms with Crippen LogP contribution >= 0.6 is 0 Å². The minimum absolute atomic E-state index is 1.03. The van der Waals surface area contributed by atoms with Crippen molar-refractivity contribution in [3.8, 4) is 0 Å². The van der Waals surface area contributed by atoms with Crippen LogP contribution in [0.4, 0.5) is 5.82 Å². The van der Waals surface area contributed by atoms with Crippen molar-refractivity contribution in [3.05, 3.63) is 36.2 Å². The minimum Gasteiger partial charge on any atom is -0.353 e. The number of hydrogen-bond donors (Lipinski definition) is 0. The lowest BCUT2D eigenvalue weighted by Gasteiger charge is -2.33. The van der Waals surface area contributed by atoms with Crippen LogP contribution in [-0.2, 0) is 0 Å². The van der Waals surface area contributed by atoms with E-state index < -0.39 is 0 Å². The van der Waals surface area contributed by atoms with Crippen LogP contribution in [0.1, 0.15) is 19.0 Å². The minimum atomic E-state index is 1.03. The van der Waals surface area contributed by atoms with Gasteiger partial charge in [-0.15, -0.1) is 0 Å². The lowest BCUT2D eigenvalue weighted by atomic mass is 10.3. The molecule has 2 aromatic heterocycles. The maximum absolute atomic E-state index is 4.77. The Kier molecular flexibility index (Phi) is 3.74. The smallest absolute Gasteiger partial charge is 0.140 e. The first kappa shape index (κ1) is 13.2. The van der Waals surface area contributed by atoms with Gasteiger partial charge >= 0.3 is 0 Å². The van der Waals surface area contributed by atoms with Gasteiger partial charge in [-0.3, -0.25) is 4.40 Å². The van der Waals surface area contributed by atoms with E-state index in [4.69, 9.17) is 4.98 Å². The summed E-state index contributed by atoms with van der Waals surface area (Å²) in [6.07, 6.45) is 7.48. The normalized spacial score (nSPS) is 17.4. The molecule has 0 spiro atoms. The van der Waals surface area contributed by atoms with Gasteiger partial charge in [0, 0.05) is 32.4 Å². The molecule has 1 saturated heterocycles. The monoisotopic (exact) mass is 270 g/mol. The van der Waals surface area contributed by atoms with E-state index in [0.717, 1.165) is 43.9 Å². The van der Waals surface area contributed by atoms with Crippen molar-refractivity contribution in [1.82, 2.24) is 14.3 Å². The molecule has 0 N–H and O–H groups in total. The van der Waals surface area contributed by atoms with Crippen molar-refractivity contribution in [2.45, 2.75) is 13.3 Å². The van der Waals surface area contributed by atoms with Crippen molar-refractivity contribution in [1.29, 1.82) is 0 Å². The van der Waals surface area contributed by atoms with E-state index >= 15 is 0 Å². The van der Waals surface area contributed by atoms with E-state index in [9.17, 15) is 0 Å². The standard InChI is InChI=1S/C16H22N4/c1-3-4-7-14-16(19-12-10-18(2)11-13-19)20-9-6-5-8-15(20)17-14/h4-9H,3,10-13H2,1-2H3/b7-4+. The number of anilines is 1. The van der Waals surface area contributed by atoms with Gasteiger partial charge in [0.25, 0.3) is 0 Å². The molecular weight excluding hydrogens is 248 g/mol. The Morgan fingerprint density at radius 3 is 2.75 bits per heavy atom. The molecule has 0 bridgehead atoms. The Balaban J connectivity index is 2.04. The fraction of sp³-hybridized carbons (Fsp3) is 0.438. The molecule has 1 fully saturated rings. The quantitative estimate of drug-likeness (QED) is 0.856. The zero-order valence-electron chi connectivity index (χ0n) is 12.3. The first-order valence-electron chi connectivity index (χ1n) is 7.36. The number of aromatic nitrogens is 2. The summed E-state index contributed by atoms with van der Waals surface area (Å²) in [6, 6.07) is 6.19. The van der Waals surface area contributed by atoms with E-state index in [1.807, 2.05) is 6.07 Å². The molecule has 3 heterocycles. The van der Waals surface area contributed by atoms with Crippen LogP contribution in [0.5, 0.6) is 0 Å². The van der Waals surface area contributed by atoms with Gasteiger partial charge in [0.2, 0.25) is 0 Å². The summed E-state index contributed by atoms with van der Waals surface area (Å²) in [5.74, 6) is 1.23. The lowest BCUT2D eigenvalue weighted by Crippen LogP contribution is -2.45. The maximum atomic E-state index is 4.77. The zero-order valence-corrected chi connectivity index (χ0v) is 12.3. The molecule has 20 heavy (non-hydrogen) atoms. The van der Waals surface area contributed by atoms with Crippen LogP contribution < -0.4 is 4.90 Å².